The topological polar surface area (TPSA) is 78.9 Å². The molecule has 0 saturated heterocycles. The van der Waals surface area contributed by atoms with E-state index in [4.69, 9.17) is 14.2 Å². The molecule has 1 atom stereocenters. The second-order valence-corrected chi connectivity index (χ2v) is 23.4. The maximum absolute atomic E-state index is 12.9. The van der Waals surface area contributed by atoms with Gasteiger partial charge in [-0.1, -0.05) is 329 Å². The van der Waals surface area contributed by atoms with Gasteiger partial charge in [-0.05, 0) is 103 Å². The third kappa shape index (κ3) is 68.7. The summed E-state index contributed by atoms with van der Waals surface area (Å²) in [5, 5.41) is 0. The third-order valence-corrected chi connectivity index (χ3v) is 15.3. The van der Waals surface area contributed by atoms with Crippen molar-refractivity contribution in [3.8, 4) is 0 Å². The molecule has 0 aliphatic rings. The Morgan fingerprint density at radius 1 is 0.253 bits per heavy atom. The van der Waals surface area contributed by atoms with Crippen molar-refractivity contribution in [1.29, 1.82) is 0 Å². The highest BCUT2D eigenvalue weighted by atomic mass is 16.6. The van der Waals surface area contributed by atoms with Gasteiger partial charge in [-0.3, -0.25) is 14.4 Å². The highest BCUT2D eigenvalue weighted by molar-refractivity contribution is 5.71. The normalized spacial score (nSPS) is 12.8. The first-order chi connectivity index (χ1) is 41.0. The Morgan fingerprint density at radius 3 is 0.735 bits per heavy atom. The predicted molar refractivity (Wildman–Crippen MR) is 362 cm³/mol. The zero-order valence-corrected chi connectivity index (χ0v) is 54.7. The fourth-order valence-electron chi connectivity index (χ4n) is 10.1. The summed E-state index contributed by atoms with van der Waals surface area (Å²) in [6.07, 6.45) is 97.2. The molecule has 0 rings (SSSR count). The number of esters is 3. The van der Waals surface area contributed by atoms with Crippen LogP contribution in [0.1, 0.15) is 342 Å². The molecule has 0 fully saturated rings. The number of hydrogen-bond acceptors (Lipinski definition) is 6. The van der Waals surface area contributed by atoms with Crippen LogP contribution in [-0.4, -0.2) is 37.2 Å². The Kier molecular flexibility index (Phi) is 67.2. The summed E-state index contributed by atoms with van der Waals surface area (Å²) in [5.74, 6) is -0.872. The van der Waals surface area contributed by atoms with E-state index in [2.05, 4.69) is 130 Å². The van der Waals surface area contributed by atoms with Gasteiger partial charge in [-0.2, -0.15) is 0 Å². The van der Waals surface area contributed by atoms with E-state index >= 15 is 0 Å². The van der Waals surface area contributed by atoms with Crippen molar-refractivity contribution >= 4 is 17.9 Å². The molecular formula is C77H132O6. The quantitative estimate of drug-likeness (QED) is 0.0261. The van der Waals surface area contributed by atoms with E-state index in [1.807, 2.05) is 0 Å². The van der Waals surface area contributed by atoms with Gasteiger partial charge in [0.2, 0.25) is 0 Å². The maximum atomic E-state index is 12.9. The standard InChI is InChI=1S/C77H132O6/c1-4-7-10-13-16-18-20-22-24-26-28-30-32-33-34-35-36-37-38-39-40-41-42-43-45-46-48-50-52-54-56-58-61-64-67-70-76(79)82-73-74(72-81-75(78)69-66-63-60-15-12-9-6-3)83-77(80)71-68-65-62-59-57-55-53-51-49-47-44-31-29-27-25-23-21-19-17-14-11-8-5-2/h7-8,10-11,16-19,22-25,28-31,33-34,74H,4-6,9,12-15,20-21,26-27,32,35-73H2,1-3H3/b10-7-,11-8-,18-16-,19-17-,24-22-,25-23-,30-28-,31-29-,34-33-. The summed E-state index contributed by atoms with van der Waals surface area (Å²) >= 11 is 0. The third-order valence-electron chi connectivity index (χ3n) is 15.3. The molecule has 0 spiro atoms. The highest BCUT2D eigenvalue weighted by Crippen LogP contribution is 2.18. The number of carbonyl (C=O) groups excluding carboxylic acids is 3. The molecule has 6 nitrogen and oxygen atoms in total. The molecule has 0 radical (unpaired) electrons. The molecule has 0 aromatic rings. The average Bonchev–Trinajstić information content (AvgIpc) is 3.49. The second kappa shape index (κ2) is 70.6. The van der Waals surface area contributed by atoms with Crippen molar-refractivity contribution in [2.24, 2.45) is 0 Å². The molecule has 0 heterocycles. The monoisotopic (exact) mass is 1150 g/mol. The van der Waals surface area contributed by atoms with Crippen molar-refractivity contribution in [3.05, 3.63) is 109 Å². The number of unbranched alkanes of at least 4 members (excludes halogenated alkanes) is 35. The Bertz CT molecular complexity index is 1660. The van der Waals surface area contributed by atoms with E-state index in [0.717, 1.165) is 116 Å². The average molecular weight is 1150 g/mol. The zero-order chi connectivity index (χ0) is 59.9. The van der Waals surface area contributed by atoms with Crippen molar-refractivity contribution in [2.45, 2.75) is 348 Å². The number of ether oxygens (including phenoxy) is 3. The van der Waals surface area contributed by atoms with Crippen molar-refractivity contribution in [2.75, 3.05) is 13.2 Å². The number of allylic oxidation sites excluding steroid dienone is 18. The van der Waals surface area contributed by atoms with Crippen LogP contribution in [0.25, 0.3) is 0 Å². The van der Waals surface area contributed by atoms with Crippen LogP contribution in [0.2, 0.25) is 0 Å². The molecular weight excluding hydrogens is 1020 g/mol. The largest absolute Gasteiger partial charge is 0.462 e. The van der Waals surface area contributed by atoms with Crippen LogP contribution >= 0.6 is 0 Å². The molecule has 0 amide bonds. The summed E-state index contributed by atoms with van der Waals surface area (Å²) in [4.78, 5) is 38.2. The zero-order valence-electron chi connectivity index (χ0n) is 54.7. The maximum Gasteiger partial charge on any atom is 0.306 e. The fourth-order valence-corrected chi connectivity index (χ4v) is 10.1. The molecule has 0 saturated carbocycles. The number of carbonyl (C=O) groups is 3. The van der Waals surface area contributed by atoms with Crippen molar-refractivity contribution in [1.82, 2.24) is 0 Å². The van der Waals surface area contributed by atoms with Crippen LogP contribution in [0.5, 0.6) is 0 Å². The molecule has 0 aromatic heterocycles. The second-order valence-electron chi connectivity index (χ2n) is 23.4. The molecule has 83 heavy (non-hydrogen) atoms. The fraction of sp³-hybridized carbons (Fsp3) is 0.727. The van der Waals surface area contributed by atoms with Gasteiger partial charge in [0.05, 0.1) is 0 Å². The van der Waals surface area contributed by atoms with Crippen LogP contribution in [0.3, 0.4) is 0 Å². The lowest BCUT2D eigenvalue weighted by Crippen LogP contribution is -2.30. The molecule has 6 heteroatoms. The van der Waals surface area contributed by atoms with Gasteiger partial charge in [0.15, 0.2) is 6.10 Å². The first-order valence-electron chi connectivity index (χ1n) is 35.4. The Morgan fingerprint density at radius 2 is 0.470 bits per heavy atom. The molecule has 0 bridgehead atoms. The minimum Gasteiger partial charge on any atom is -0.462 e. The van der Waals surface area contributed by atoms with Gasteiger partial charge >= 0.3 is 17.9 Å². The SMILES string of the molecule is CC/C=C\C/C=C\C/C=C\C/C=C\C/C=C\CCCCCCCCCCCCCCCCCCCCCC(=O)OCC(COC(=O)CCCCCCCCC)OC(=O)CCCCCCCCCCCC/C=C\C/C=C\C/C=C\C/C=C\CC. The van der Waals surface area contributed by atoms with E-state index < -0.39 is 6.10 Å². The van der Waals surface area contributed by atoms with E-state index in [1.165, 1.54) is 186 Å². The van der Waals surface area contributed by atoms with E-state index in [0.29, 0.717) is 19.3 Å². The van der Waals surface area contributed by atoms with Crippen LogP contribution in [0.15, 0.2) is 109 Å². The molecule has 0 aliphatic carbocycles. The first kappa shape index (κ1) is 79.1. The molecule has 0 aromatic carbocycles. The lowest BCUT2D eigenvalue weighted by atomic mass is 10.0. The molecule has 476 valence electrons. The van der Waals surface area contributed by atoms with Gasteiger partial charge in [0, 0.05) is 19.3 Å². The Labute approximate surface area is 514 Å². The van der Waals surface area contributed by atoms with Crippen LogP contribution < -0.4 is 0 Å². The van der Waals surface area contributed by atoms with Gasteiger partial charge < -0.3 is 14.2 Å². The minimum atomic E-state index is -0.777. The lowest BCUT2D eigenvalue weighted by Gasteiger charge is -2.18. The minimum absolute atomic E-state index is 0.0754. The smallest absolute Gasteiger partial charge is 0.306 e. The number of rotatable bonds is 64. The van der Waals surface area contributed by atoms with Crippen LogP contribution in [0, 0.1) is 0 Å². The summed E-state index contributed by atoms with van der Waals surface area (Å²) in [5.41, 5.74) is 0. The summed E-state index contributed by atoms with van der Waals surface area (Å²) in [6.45, 7) is 6.40. The van der Waals surface area contributed by atoms with Crippen LogP contribution in [-0.2, 0) is 28.6 Å². The summed E-state index contributed by atoms with van der Waals surface area (Å²) in [7, 11) is 0. The summed E-state index contributed by atoms with van der Waals surface area (Å²) < 4.78 is 16.9. The lowest BCUT2D eigenvalue weighted by molar-refractivity contribution is -0.167. The number of hydrogen-bond donors (Lipinski definition) is 0. The van der Waals surface area contributed by atoms with Crippen molar-refractivity contribution < 1.29 is 28.6 Å². The van der Waals surface area contributed by atoms with Gasteiger partial charge in [0.1, 0.15) is 13.2 Å². The van der Waals surface area contributed by atoms with Gasteiger partial charge in [-0.25, -0.2) is 0 Å². The molecule has 0 N–H and O–H groups in total. The van der Waals surface area contributed by atoms with E-state index in [9.17, 15) is 14.4 Å². The van der Waals surface area contributed by atoms with E-state index in [-0.39, 0.29) is 31.1 Å². The molecule has 1 unspecified atom stereocenters. The molecule has 0 aliphatic heterocycles. The summed E-state index contributed by atoms with van der Waals surface area (Å²) in [6, 6.07) is 0. The van der Waals surface area contributed by atoms with Crippen LogP contribution in [0.4, 0.5) is 0 Å². The van der Waals surface area contributed by atoms with Gasteiger partial charge in [-0.15, -0.1) is 0 Å². The Balaban J connectivity index is 4.02. The van der Waals surface area contributed by atoms with E-state index in [1.54, 1.807) is 0 Å². The predicted octanol–water partition coefficient (Wildman–Crippen LogP) is 24.6. The van der Waals surface area contributed by atoms with Gasteiger partial charge in [0.25, 0.3) is 0 Å². The highest BCUT2D eigenvalue weighted by Gasteiger charge is 2.19. The first-order valence-corrected chi connectivity index (χ1v) is 35.4. The Hall–Kier alpha value is -3.93. The van der Waals surface area contributed by atoms with Crippen molar-refractivity contribution in [3.63, 3.8) is 0 Å².